The highest BCUT2D eigenvalue weighted by Gasteiger charge is 2.10. The number of hydrogen-bond donors (Lipinski definition) is 2. The smallest absolute Gasteiger partial charge is 0.123 e. The van der Waals surface area contributed by atoms with E-state index >= 15 is 0 Å². The van der Waals surface area contributed by atoms with Crippen LogP contribution in [0.3, 0.4) is 0 Å². The number of halogens is 1. The molecule has 3 nitrogen and oxygen atoms in total. The number of nitrogens with two attached hydrogens (primary N) is 1. The third kappa shape index (κ3) is 2.15. The van der Waals surface area contributed by atoms with Crippen LogP contribution in [0.25, 0.3) is 0 Å². The predicted octanol–water partition coefficient (Wildman–Crippen LogP) is 2.37. The maximum absolute atomic E-state index is 5.95. The van der Waals surface area contributed by atoms with Crippen molar-refractivity contribution in [3.63, 3.8) is 0 Å². The molecule has 1 atom stereocenters. The van der Waals surface area contributed by atoms with Crippen molar-refractivity contribution in [1.29, 1.82) is 0 Å². The number of rotatable bonds is 3. The van der Waals surface area contributed by atoms with Crippen molar-refractivity contribution in [2.45, 2.75) is 12.5 Å². The average Bonchev–Trinajstić information content (AvgIpc) is 2.75. The van der Waals surface area contributed by atoms with Gasteiger partial charge in [-0.3, -0.25) is 0 Å². The number of thiophene rings is 1. The second kappa shape index (κ2) is 4.13. The van der Waals surface area contributed by atoms with Crippen molar-refractivity contribution in [2.75, 3.05) is 0 Å². The molecule has 74 valence electrons. The van der Waals surface area contributed by atoms with E-state index in [0.29, 0.717) is 0 Å². The van der Waals surface area contributed by atoms with Crippen molar-refractivity contribution in [1.82, 2.24) is 9.97 Å². The van der Waals surface area contributed by atoms with Crippen molar-refractivity contribution in [2.24, 2.45) is 5.73 Å². The van der Waals surface area contributed by atoms with E-state index in [-0.39, 0.29) is 6.04 Å². The molecule has 2 heterocycles. The van der Waals surface area contributed by atoms with Gasteiger partial charge in [-0.15, -0.1) is 11.3 Å². The largest absolute Gasteiger partial charge is 0.347 e. The third-order valence-electron chi connectivity index (χ3n) is 1.92. The number of nitrogens with zero attached hydrogens (tertiary/aromatic N) is 1. The van der Waals surface area contributed by atoms with E-state index in [1.54, 1.807) is 23.7 Å². The molecule has 0 spiro atoms. The molecule has 1 unspecified atom stereocenters. The van der Waals surface area contributed by atoms with Gasteiger partial charge in [0.15, 0.2) is 0 Å². The van der Waals surface area contributed by atoms with Crippen LogP contribution in [0.5, 0.6) is 0 Å². The first kappa shape index (κ1) is 9.71. The number of nitrogens with one attached hydrogen (secondary N) is 1. The quantitative estimate of drug-likeness (QED) is 0.846. The summed E-state index contributed by atoms with van der Waals surface area (Å²) in [5.74, 6) is 0.814. The summed E-state index contributed by atoms with van der Waals surface area (Å²) in [6.45, 7) is 0. The average molecular weight is 228 g/mol. The molecule has 0 fully saturated rings. The van der Waals surface area contributed by atoms with Gasteiger partial charge in [-0.25, -0.2) is 4.98 Å². The van der Waals surface area contributed by atoms with E-state index in [9.17, 15) is 0 Å². The summed E-state index contributed by atoms with van der Waals surface area (Å²) in [6.07, 6.45) is 4.25. The monoisotopic (exact) mass is 227 g/mol. The lowest BCUT2D eigenvalue weighted by Gasteiger charge is -2.05. The molecule has 0 saturated heterocycles. The Labute approximate surface area is 90.9 Å². The number of imidazole rings is 1. The maximum Gasteiger partial charge on any atom is 0.123 e. The highest BCUT2D eigenvalue weighted by atomic mass is 35.5. The number of aromatic amines is 1. The molecular weight excluding hydrogens is 218 g/mol. The lowest BCUT2D eigenvalue weighted by atomic mass is 10.2. The van der Waals surface area contributed by atoms with Crippen LogP contribution >= 0.6 is 22.9 Å². The predicted molar refractivity (Wildman–Crippen MR) is 58.5 cm³/mol. The van der Waals surface area contributed by atoms with Crippen LogP contribution in [-0.4, -0.2) is 9.97 Å². The van der Waals surface area contributed by atoms with Gasteiger partial charge in [-0.1, -0.05) is 11.6 Å². The van der Waals surface area contributed by atoms with Crippen molar-refractivity contribution in [3.05, 3.63) is 39.6 Å². The van der Waals surface area contributed by atoms with Crippen LogP contribution in [0, 0.1) is 0 Å². The van der Waals surface area contributed by atoms with E-state index in [4.69, 9.17) is 17.3 Å². The number of hydrogen-bond acceptors (Lipinski definition) is 3. The molecule has 5 heteroatoms. The molecule has 0 aliphatic heterocycles. The fraction of sp³-hybridized carbons (Fsp3) is 0.222. The topological polar surface area (TPSA) is 54.7 Å². The van der Waals surface area contributed by atoms with Crippen molar-refractivity contribution < 1.29 is 0 Å². The summed E-state index contributed by atoms with van der Waals surface area (Å²) in [5.41, 5.74) is 5.95. The SMILES string of the molecule is NC(Cc1ccc(Cl)s1)c1ncc[nH]1. The van der Waals surface area contributed by atoms with E-state index in [1.165, 1.54) is 4.88 Å². The van der Waals surface area contributed by atoms with E-state index in [2.05, 4.69) is 9.97 Å². The molecule has 0 aliphatic rings. The zero-order valence-corrected chi connectivity index (χ0v) is 8.98. The Morgan fingerprint density at radius 1 is 1.57 bits per heavy atom. The highest BCUT2D eigenvalue weighted by Crippen LogP contribution is 2.24. The fourth-order valence-corrected chi connectivity index (χ4v) is 2.40. The first-order valence-corrected chi connectivity index (χ1v) is 5.44. The minimum Gasteiger partial charge on any atom is -0.347 e. The van der Waals surface area contributed by atoms with Crippen molar-refractivity contribution >= 4 is 22.9 Å². The Hall–Kier alpha value is -0.840. The van der Waals surface area contributed by atoms with Crippen LogP contribution in [0.2, 0.25) is 4.34 Å². The van der Waals surface area contributed by atoms with Gasteiger partial charge < -0.3 is 10.7 Å². The summed E-state index contributed by atoms with van der Waals surface area (Å²) >= 11 is 7.38. The molecule has 14 heavy (non-hydrogen) atoms. The van der Waals surface area contributed by atoms with Gasteiger partial charge in [0.1, 0.15) is 5.82 Å². The summed E-state index contributed by atoms with van der Waals surface area (Å²) in [4.78, 5) is 8.29. The minimum absolute atomic E-state index is 0.0836. The maximum atomic E-state index is 5.95. The minimum atomic E-state index is -0.0836. The first-order valence-electron chi connectivity index (χ1n) is 4.25. The van der Waals surface area contributed by atoms with Crippen LogP contribution in [0.1, 0.15) is 16.7 Å². The first-order chi connectivity index (χ1) is 6.75. The molecule has 0 saturated carbocycles. The Morgan fingerprint density at radius 2 is 2.43 bits per heavy atom. The normalized spacial score (nSPS) is 13.0. The molecule has 0 amide bonds. The fourth-order valence-electron chi connectivity index (χ4n) is 1.26. The molecule has 0 radical (unpaired) electrons. The van der Waals surface area contributed by atoms with E-state index in [0.717, 1.165) is 16.6 Å². The van der Waals surface area contributed by atoms with E-state index < -0.39 is 0 Å². The molecule has 3 N–H and O–H groups in total. The summed E-state index contributed by atoms with van der Waals surface area (Å²) in [6, 6.07) is 3.80. The molecular formula is C9H10ClN3S. The molecule has 0 bridgehead atoms. The third-order valence-corrected chi connectivity index (χ3v) is 3.17. The molecule has 2 aromatic heterocycles. The Balaban J connectivity index is 2.05. The lowest BCUT2D eigenvalue weighted by Crippen LogP contribution is -2.14. The Kier molecular flexibility index (Phi) is 2.86. The standard InChI is InChI=1S/C9H10ClN3S/c10-8-2-1-6(14-8)5-7(11)9-12-3-4-13-9/h1-4,7H,5,11H2,(H,12,13). The zero-order chi connectivity index (χ0) is 9.97. The van der Waals surface area contributed by atoms with Gasteiger partial charge in [-0.2, -0.15) is 0 Å². The molecule has 0 aromatic carbocycles. The second-order valence-corrected chi connectivity index (χ2v) is 4.79. The van der Waals surface area contributed by atoms with Gasteiger partial charge in [0.25, 0.3) is 0 Å². The Bertz CT molecular complexity index is 396. The summed E-state index contributed by atoms with van der Waals surface area (Å²) in [7, 11) is 0. The van der Waals surface area contributed by atoms with Crippen LogP contribution in [-0.2, 0) is 6.42 Å². The molecule has 2 rings (SSSR count). The summed E-state index contributed by atoms with van der Waals surface area (Å²) < 4.78 is 0.798. The number of aromatic nitrogens is 2. The zero-order valence-electron chi connectivity index (χ0n) is 7.40. The molecule has 0 aliphatic carbocycles. The Morgan fingerprint density at radius 3 is 3.00 bits per heavy atom. The van der Waals surface area contributed by atoms with E-state index in [1.807, 2.05) is 12.1 Å². The van der Waals surface area contributed by atoms with Gasteiger partial charge in [-0.05, 0) is 12.1 Å². The van der Waals surface area contributed by atoms with Crippen LogP contribution in [0.4, 0.5) is 0 Å². The highest BCUT2D eigenvalue weighted by molar-refractivity contribution is 7.16. The summed E-state index contributed by atoms with van der Waals surface area (Å²) in [5, 5.41) is 0. The lowest BCUT2D eigenvalue weighted by molar-refractivity contribution is 0.684. The number of H-pyrrole nitrogens is 1. The van der Waals surface area contributed by atoms with Gasteiger partial charge in [0, 0.05) is 23.7 Å². The van der Waals surface area contributed by atoms with Crippen molar-refractivity contribution in [3.8, 4) is 0 Å². The molecule has 2 aromatic rings. The van der Waals surface area contributed by atoms with Gasteiger partial charge in [0.2, 0.25) is 0 Å². The van der Waals surface area contributed by atoms with Crippen LogP contribution in [0.15, 0.2) is 24.5 Å². The van der Waals surface area contributed by atoms with Gasteiger partial charge in [0.05, 0.1) is 10.4 Å². The second-order valence-electron chi connectivity index (χ2n) is 2.99. The van der Waals surface area contributed by atoms with Gasteiger partial charge >= 0.3 is 0 Å². The van der Waals surface area contributed by atoms with Crippen LogP contribution < -0.4 is 5.73 Å².